The van der Waals surface area contributed by atoms with Crippen LogP contribution in [0.15, 0.2) is 29.8 Å². The third-order valence-electron chi connectivity index (χ3n) is 4.44. The molecule has 1 unspecified atom stereocenters. The molecule has 1 aromatic heterocycles. The van der Waals surface area contributed by atoms with Crippen molar-refractivity contribution in [3.63, 3.8) is 0 Å². The summed E-state index contributed by atoms with van der Waals surface area (Å²) in [6.07, 6.45) is 0. The SMILES string of the molecule is Cc1ncsc1C(=O)N1CCN(C(C)c2ccccc2F)CC1. The number of aromatic nitrogens is 1. The maximum Gasteiger partial charge on any atom is 0.265 e. The van der Waals surface area contributed by atoms with Crippen molar-refractivity contribution in [1.29, 1.82) is 0 Å². The van der Waals surface area contributed by atoms with Crippen LogP contribution < -0.4 is 0 Å². The molecule has 0 spiro atoms. The fraction of sp³-hybridized carbons (Fsp3) is 0.412. The highest BCUT2D eigenvalue weighted by Crippen LogP contribution is 2.24. The standard InChI is InChI=1S/C17H20FN3OS/c1-12-16(23-11-19-12)17(22)21-9-7-20(8-10-21)13(2)14-5-3-4-6-15(14)18/h3-6,11,13H,7-10H2,1-2H3. The van der Waals surface area contributed by atoms with Crippen molar-refractivity contribution in [2.24, 2.45) is 0 Å². The van der Waals surface area contributed by atoms with Crippen LogP contribution >= 0.6 is 11.3 Å². The lowest BCUT2D eigenvalue weighted by Crippen LogP contribution is -2.49. The van der Waals surface area contributed by atoms with Gasteiger partial charge in [0.25, 0.3) is 5.91 Å². The predicted molar refractivity (Wildman–Crippen MR) is 89.1 cm³/mol. The van der Waals surface area contributed by atoms with E-state index in [4.69, 9.17) is 0 Å². The molecule has 1 aromatic carbocycles. The van der Waals surface area contributed by atoms with Gasteiger partial charge in [0, 0.05) is 37.8 Å². The van der Waals surface area contributed by atoms with Gasteiger partial charge in [0.15, 0.2) is 0 Å². The average molecular weight is 333 g/mol. The number of hydrogen-bond acceptors (Lipinski definition) is 4. The normalized spacial score (nSPS) is 17.3. The lowest BCUT2D eigenvalue weighted by Gasteiger charge is -2.38. The van der Waals surface area contributed by atoms with Crippen LogP contribution in [-0.4, -0.2) is 46.9 Å². The van der Waals surface area contributed by atoms with E-state index in [-0.39, 0.29) is 17.8 Å². The average Bonchev–Trinajstić information content (AvgIpc) is 3.00. The van der Waals surface area contributed by atoms with Crippen molar-refractivity contribution in [1.82, 2.24) is 14.8 Å². The summed E-state index contributed by atoms with van der Waals surface area (Å²) in [5.74, 6) is -0.109. The van der Waals surface area contributed by atoms with Crippen LogP contribution in [0.5, 0.6) is 0 Å². The van der Waals surface area contributed by atoms with Crippen LogP contribution in [0.2, 0.25) is 0 Å². The third kappa shape index (κ3) is 3.28. The molecule has 1 saturated heterocycles. The molecule has 4 nitrogen and oxygen atoms in total. The smallest absolute Gasteiger partial charge is 0.265 e. The van der Waals surface area contributed by atoms with E-state index >= 15 is 0 Å². The van der Waals surface area contributed by atoms with Gasteiger partial charge in [-0.2, -0.15) is 0 Å². The molecule has 0 bridgehead atoms. The predicted octanol–water partition coefficient (Wildman–Crippen LogP) is 3.11. The molecule has 23 heavy (non-hydrogen) atoms. The van der Waals surface area contributed by atoms with E-state index < -0.39 is 0 Å². The fourth-order valence-corrected chi connectivity index (χ4v) is 3.74. The summed E-state index contributed by atoms with van der Waals surface area (Å²) in [6.45, 7) is 6.70. The second kappa shape index (κ2) is 6.76. The number of aryl methyl sites for hydroxylation is 1. The quantitative estimate of drug-likeness (QED) is 0.866. The van der Waals surface area contributed by atoms with Crippen molar-refractivity contribution in [2.45, 2.75) is 19.9 Å². The first kappa shape index (κ1) is 16.1. The van der Waals surface area contributed by atoms with E-state index in [0.717, 1.165) is 23.7 Å². The minimum absolute atomic E-state index is 0.0126. The largest absolute Gasteiger partial charge is 0.335 e. The number of piperazine rings is 1. The zero-order valence-corrected chi connectivity index (χ0v) is 14.1. The first-order chi connectivity index (χ1) is 11.1. The Morgan fingerprint density at radius 1 is 1.26 bits per heavy atom. The Labute approximate surface area is 139 Å². The van der Waals surface area contributed by atoms with Crippen LogP contribution in [0.25, 0.3) is 0 Å². The number of nitrogens with zero attached hydrogens (tertiary/aromatic N) is 3. The van der Waals surface area contributed by atoms with Gasteiger partial charge >= 0.3 is 0 Å². The van der Waals surface area contributed by atoms with Crippen molar-refractivity contribution in [3.05, 3.63) is 51.7 Å². The number of carbonyl (C=O) groups is 1. The van der Waals surface area contributed by atoms with Crippen LogP contribution in [0.3, 0.4) is 0 Å². The van der Waals surface area contributed by atoms with E-state index in [9.17, 15) is 9.18 Å². The van der Waals surface area contributed by atoms with E-state index in [1.165, 1.54) is 17.4 Å². The summed E-state index contributed by atoms with van der Waals surface area (Å²) in [5.41, 5.74) is 3.21. The minimum atomic E-state index is -0.168. The molecule has 2 aromatic rings. The summed E-state index contributed by atoms with van der Waals surface area (Å²) < 4.78 is 13.9. The van der Waals surface area contributed by atoms with Gasteiger partial charge in [-0.05, 0) is 19.9 Å². The van der Waals surface area contributed by atoms with E-state index in [0.29, 0.717) is 18.7 Å². The number of thiazole rings is 1. The molecule has 0 N–H and O–H groups in total. The van der Waals surface area contributed by atoms with Crippen LogP contribution in [0.1, 0.15) is 33.9 Å². The van der Waals surface area contributed by atoms with Crippen LogP contribution in [0.4, 0.5) is 4.39 Å². The van der Waals surface area contributed by atoms with Gasteiger partial charge in [0.1, 0.15) is 10.7 Å². The molecule has 1 atom stereocenters. The molecule has 6 heteroatoms. The zero-order chi connectivity index (χ0) is 16.4. The molecule has 3 rings (SSSR count). The van der Waals surface area contributed by atoms with Crippen molar-refractivity contribution >= 4 is 17.2 Å². The summed E-state index contributed by atoms with van der Waals surface area (Å²) in [6, 6.07) is 6.91. The Balaban J connectivity index is 1.63. The molecule has 122 valence electrons. The Kier molecular flexibility index (Phi) is 4.73. The number of amides is 1. The lowest BCUT2D eigenvalue weighted by atomic mass is 10.1. The van der Waals surface area contributed by atoms with Crippen molar-refractivity contribution < 1.29 is 9.18 Å². The summed E-state index contributed by atoms with van der Waals surface area (Å²) >= 11 is 1.39. The van der Waals surface area contributed by atoms with Crippen molar-refractivity contribution in [2.75, 3.05) is 26.2 Å². The van der Waals surface area contributed by atoms with E-state index in [1.54, 1.807) is 11.6 Å². The van der Waals surface area contributed by atoms with Gasteiger partial charge in [-0.15, -0.1) is 11.3 Å². The third-order valence-corrected chi connectivity index (χ3v) is 5.36. The number of benzene rings is 1. The first-order valence-electron chi connectivity index (χ1n) is 7.75. The number of hydrogen-bond donors (Lipinski definition) is 0. The lowest BCUT2D eigenvalue weighted by molar-refractivity contribution is 0.0582. The monoisotopic (exact) mass is 333 g/mol. The number of rotatable bonds is 3. The molecule has 1 aliphatic rings. The maximum absolute atomic E-state index is 13.9. The molecular formula is C17H20FN3OS. The van der Waals surface area contributed by atoms with Gasteiger partial charge in [-0.25, -0.2) is 9.37 Å². The maximum atomic E-state index is 13.9. The number of halogens is 1. The zero-order valence-electron chi connectivity index (χ0n) is 13.3. The summed E-state index contributed by atoms with van der Waals surface area (Å²) in [5, 5.41) is 0. The number of carbonyl (C=O) groups excluding carboxylic acids is 1. The van der Waals surface area contributed by atoms with Gasteiger partial charge in [0.2, 0.25) is 0 Å². The molecule has 0 aliphatic carbocycles. The molecule has 1 fully saturated rings. The van der Waals surface area contributed by atoms with Gasteiger partial charge < -0.3 is 4.90 Å². The molecular weight excluding hydrogens is 313 g/mol. The second-order valence-corrected chi connectivity index (χ2v) is 6.65. The van der Waals surface area contributed by atoms with Gasteiger partial charge in [-0.3, -0.25) is 9.69 Å². The molecule has 2 heterocycles. The Morgan fingerprint density at radius 2 is 1.96 bits per heavy atom. The molecule has 0 radical (unpaired) electrons. The Hall–Kier alpha value is -1.79. The summed E-state index contributed by atoms with van der Waals surface area (Å²) in [7, 11) is 0. The Morgan fingerprint density at radius 3 is 2.57 bits per heavy atom. The van der Waals surface area contributed by atoms with Crippen LogP contribution in [-0.2, 0) is 0 Å². The van der Waals surface area contributed by atoms with E-state index in [1.807, 2.05) is 30.9 Å². The fourth-order valence-electron chi connectivity index (χ4n) is 2.97. The van der Waals surface area contributed by atoms with Crippen LogP contribution in [0, 0.1) is 12.7 Å². The van der Waals surface area contributed by atoms with Crippen molar-refractivity contribution in [3.8, 4) is 0 Å². The highest BCUT2D eigenvalue weighted by molar-refractivity contribution is 7.11. The highest BCUT2D eigenvalue weighted by Gasteiger charge is 2.27. The second-order valence-electron chi connectivity index (χ2n) is 5.79. The summed E-state index contributed by atoms with van der Waals surface area (Å²) in [4.78, 5) is 21.5. The Bertz CT molecular complexity index is 695. The topological polar surface area (TPSA) is 36.4 Å². The van der Waals surface area contributed by atoms with Gasteiger partial charge in [-0.1, -0.05) is 18.2 Å². The highest BCUT2D eigenvalue weighted by atomic mass is 32.1. The van der Waals surface area contributed by atoms with Gasteiger partial charge in [0.05, 0.1) is 11.2 Å². The minimum Gasteiger partial charge on any atom is -0.335 e. The molecule has 0 saturated carbocycles. The van der Waals surface area contributed by atoms with E-state index in [2.05, 4.69) is 9.88 Å². The molecule has 1 amide bonds. The molecule has 1 aliphatic heterocycles. The first-order valence-corrected chi connectivity index (χ1v) is 8.63.